The van der Waals surface area contributed by atoms with Crippen LogP contribution in [-0.4, -0.2) is 24.0 Å². The molecule has 0 radical (unpaired) electrons. The van der Waals surface area contributed by atoms with Crippen LogP contribution < -0.4 is 10.6 Å². The fraction of sp³-hybridized carbons (Fsp3) is 0.667. The molecule has 3 rings (SSSR count). The van der Waals surface area contributed by atoms with Crippen LogP contribution >= 0.6 is 46.9 Å². The predicted molar refractivity (Wildman–Crippen MR) is 95.6 cm³/mol. The van der Waals surface area contributed by atoms with Gasteiger partial charge in [0.1, 0.15) is 0 Å². The molecule has 3 heterocycles. The summed E-state index contributed by atoms with van der Waals surface area (Å²) in [6, 6.07) is 3.48. The Bertz CT molecular complexity index is 511. The lowest BCUT2D eigenvalue weighted by atomic mass is 9.99. The van der Waals surface area contributed by atoms with E-state index in [1.807, 2.05) is 6.07 Å². The quantitative estimate of drug-likeness (QED) is 0.800. The first-order valence-electron chi connectivity index (χ1n) is 7.59. The molecule has 1 amide bonds. The third-order valence-electron chi connectivity index (χ3n) is 4.42. The van der Waals surface area contributed by atoms with Crippen LogP contribution in [0.25, 0.3) is 0 Å². The molecule has 2 fully saturated rings. The fourth-order valence-electron chi connectivity index (χ4n) is 3.46. The molecule has 2 aliphatic heterocycles. The lowest BCUT2D eigenvalue weighted by molar-refractivity contribution is -0.122. The van der Waals surface area contributed by atoms with Gasteiger partial charge in [0.05, 0.1) is 8.67 Å². The summed E-state index contributed by atoms with van der Waals surface area (Å²) in [7, 11) is 0. The zero-order chi connectivity index (χ0) is 14.8. The number of hydrogen-bond acceptors (Lipinski definition) is 3. The number of aryl methyl sites for hydroxylation is 1. The highest BCUT2D eigenvalue weighted by Crippen LogP contribution is 2.32. The summed E-state index contributed by atoms with van der Waals surface area (Å²) in [6.45, 7) is 0. The Kier molecular flexibility index (Phi) is 6.84. The molecule has 3 nitrogen and oxygen atoms in total. The molecule has 0 spiro atoms. The van der Waals surface area contributed by atoms with Gasteiger partial charge in [0.25, 0.3) is 0 Å². The SMILES string of the molecule is Cl.O=C(CCCc1cc(Cl)sc1Cl)NC1CC2CCC(C1)N2. The van der Waals surface area contributed by atoms with E-state index in [1.165, 1.54) is 24.2 Å². The van der Waals surface area contributed by atoms with E-state index in [9.17, 15) is 4.79 Å². The van der Waals surface area contributed by atoms with Gasteiger partial charge in [-0.3, -0.25) is 4.79 Å². The van der Waals surface area contributed by atoms with Crippen molar-refractivity contribution in [3.8, 4) is 0 Å². The van der Waals surface area contributed by atoms with Crippen molar-refractivity contribution in [3.05, 3.63) is 20.3 Å². The van der Waals surface area contributed by atoms with Crippen molar-refractivity contribution in [2.75, 3.05) is 0 Å². The molecule has 2 N–H and O–H groups in total. The molecule has 124 valence electrons. The van der Waals surface area contributed by atoms with E-state index in [2.05, 4.69) is 10.6 Å². The van der Waals surface area contributed by atoms with Crippen LogP contribution in [0.1, 0.15) is 44.1 Å². The second-order valence-corrected chi connectivity index (χ2v) is 8.36. The van der Waals surface area contributed by atoms with E-state index >= 15 is 0 Å². The topological polar surface area (TPSA) is 41.1 Å². The minimum absolute atomic E-state index is 0. The zero-order valence-corrected chi connectivity index (χ0v) is 15.4. The molecule has 2 aliphatic rings. The Labute approximate surface area is 151 Å². The molecule has 1 aromatic rings. The van der Waals surface area contributed by atoms with Gasteiger partial charge in [-0.2, -0.15) is 0 Å². The molecular weight excluding hydrogens is 363 g/mol. The summed E-state index contributed by atoms with van der Waals surface area (Å²) in [4.78, 5) is 12.0. The first-order valence-corrected chi connectivity index (χ1v) is 9.16. The molecule has 7 heteroatoms. The van der Waals surface area contributed by atoms with Gasteiger partial charge in [-0.1, -0.05) is 23.2 Å². The molecule has 0 saturated carbocycles. The number of thiophene rings is 1. The van der Waals surface area contributed by atoms with Gasteiger partial charge in [0.2, 0.25) is 5.91 Å². The van der Waals surface area contributed by atoms with E-state index in [1.54, 1.807) is 0 Å². The maximum absolute atomic E-state index is 12.0. The predicted octanol–water partition coefficient (Wildman–Crippen LogP) is 4.20. The van der Waals surface area contributed by atoms with Crippen molar-refractivity contribution in [1.29, 1.82) is 0 Å². The van der Waals surface area contributed by atoms with Crippen LogP contribution in [0.3, 0.4) is 0 Å². The lowest BCUT2D eigenvalue weighted by Gasteiger charge is -2.29. The van der Waals surface area contributed by atoms with Gasteiger partial charge >= 0.3 is 0 Å². The normalized spacial score (nSPS) is 26.5. The molecule has 2 unspecified atom stereocenters. The van der Waals surface area contributed by atoms with Crippen molar-refractivity contribution in [1.82, 2.24) is 10.6 Å². The Balaban J connectivity index is 0.00000176. The molecule has 2 atom stereocenters. The van der Waals surface area contributed by atoms with Crippen molar-refractivity contribution < 1.29 is 4.79 Å². The smallest absolute Gasteiger partial charge is 0.220 e. The minimum atomic E-state index is 0. The molecule has 1 aromatic heterocycles. The lowest BCUT2D eigenvalue weighted by Crippen LogP contribution is -2.48. The largest absolute Gasteiger partial charge is 0.353 e. The molecule has 22 heavy (non-hydrogen) atoms. The second kappa shape index (κ2) is 8.20. The van der Waals surface area contributed by atoms with Crippen LogP contribution in [0.15, 0.2) is 6.07 Å². The third-order valence-corrected chi connectivity index (χ3v) is 5.98. The number of hydrogen-bond donors (Lipinski definition) is 2. The molecule has 0 aromatic carbocycles. The van der Waals surface area contributed by atoms with Gasteiger partial charge in [-0.05, 0) is 50.2 Å². The van der Waals surface area contributed by atoms with Gasteiger partial charge in [0.15, 0.2) is 0 Å². The van der Waals surface area contributed by atoms with Crippen LogP contribution in [0, 0.1) is 0 Å². The van der Waals surface area contributed by atoms with Gasteiger partial charge in [0, 0.05) is 24.5 Å². The van der Waals surface area contributed by atoms with Crippen LogP contribution in [0.4, 0.5) is 0 Å². The van der Waals surface area contributed by atoms with Crippen LogP contribution in [0.2, 0.25) is 8.67 Å². The number of piperidine rings is 1. The maximum atomic E-state index is 12.0. The highest BCUT2D eigenvalue weighted by Gasteiger charge is 2.33. The number of rotatable bonds is 5. The first-order chi connectivity index (χ1) is 10.1. The fourth-order valence-corrected chi connectivity index (χ4v) is 5.00. The third kappa shape index (κ3) is 4.75. The Morgan fingerprint density at radius 2 is 2.00 bits per heavy atom. The number of nitrogens with one attached hydrogen (secondary N) is 2. The van der Waals surface area contributed by atoms with E-state index in [4.69, 9.17) is 23.2 Å². The molecule has 2 saturated heterocycles. The number of carbonyl (C=O) groups is 1. The highest BCUT2D eigenvalue weighted by atomic mass is 35.5. The molecule has 2 bridgehead atoms. The van der Waals surface area contributed by atoms with E-state index in [0.717, 1.165) is 35.6 Å². The molecular formula is C15H21Cl3N2OS. The zero-order valence-electron chi connectivity index (χ0n) is 12.2. The summed E-state index contributed by atoms with van der Waals surface area (Å²) in [5.74, 6) is 0.166. The van der Waals surface area contributed by atoms with Crippen LogP contribution in [-0.2, 0) is 11.2 Å². The van der Waals surface area contributed by atoms with E-state index in [-0.39, 0.29) is 18.3 Å². The Morgan fingerprint density at radius 3 is 2.59 bits per heavy atom. The summed E-state index contributed by atoms with van der Waals surface area (Å²) in [6.07, 6.45) is 6.86. The summed E-state index contributed by atoms with van der Waals surface area (Å²) >= 11 is 13.4. The Morgan fingerprint density at radius 1 is 1.32 bits per heavy atom. The number of fused-ring (bicyclic) bond motifs is 2. The molecule has 0 aliphatic carbocycles. The van der Waals surface area contributed by atoms with Crippen LogP contribution in [0.5, 0.6) is 0 Å². The van der Waals surface area contributed by atoms with Gasteiger partial charge in [-0.15, -0.1) is 23.7 Å². The van der Waals surface area contributed by atoms with E-state index in [0.29, 0.717) is 28.9 Å². The standard InChI is InChI=1S/C15H20Cl2N2OS.ClH/c16-13-6-9(15(17)21-13)2-1-3-14(20)19-12-7-10-4-5-11(8-12)18-10;/h6,10-12,18H,1-5,7-8H2,(H,19,20);1H. The summed E-state index contributed by atoms with van der Waals surface area (Å²) in [5, 5.41) is 6.78. The van der Waals surface area contributed by atoms with Crippen molar-refractivity contribution in [2.45, 2.75) is 63.1 Å². The monoisotopic (exact) mass is 382 g/mol. The number of amides is 1. The summed E-state index contributed by atoms with van der Waals surface area (Å²) in [5.41, 5.74) is 1.05. The second-order valence-electron chi connectivity index (χ2n) is 6.08. The number of halogens is 3. The highest BCUT2D eigenvalue weighted by molar-refractivity contribution is 7.20. The van der Waals surface area contributed by atoms with E-state index < -0.39 is 0 Å². The van der Waals surface area contributed by atoms with Crippen molar-refractivity contribution in [3.63, 3.8) is 0 Å². The average molecular weight is 384 g/mol. The maximum Gasteiger partial charge on any atom is 0.220 e. The number of carbonyl (C=O) groups excluding carboxylic acids is 1. The average Bonchev–Trinajstić information content (AvgIpc) is 2.92. The van der Waals surface area contributed by atoms with Crippen molar-refractivity contribution in [2.24, 2.45) is 0 Å². The minimum Gasteiger partial charge on any atom is -0.353 e. The summed E-state index contributed by atoms with van der Waals surface area (Å²) < 4.78 is 1.46. The van der Waals surface area contributed by atoms with Gasteiger partial charge in [-0.25, -0.2) is 0 Å². The first kappa shape index (κ1) is 18.3. The Hall–Kier alpha value is -0.000000000000000104. The van der Waals surface area contributed by atoms with Gasteiger partial charge < -0.3 is 10.6 Å². The van der Waals surface area contributed by atoms with Crippen molar-refractivity contribution >= 4 is 52.9 Å².